The molecule has 0 spiro atoms. The third-order valence-corrected chi connectivity index (χ3v) is 1.47. The van der Waals surface area contributed by atoms with Gasteiger partial charge in [-0.3, -0.25) is 4.79 Å². The minimum Gasteiger partial charge on any atom is -0.469 e. The van der Waals surface area contributed by atoms with Crippen LogP contribution in [-0.2, 0) is 9.53 Å². The summed E-state index contributed by atoms with van der Waals surface area (Å²) in [5, 5.41) is 0. The average Bonchev–Trinajstić information content (AvgIpc) is 1.99. The first kappa shape index (κ1) is 13.3. The summed E-state index contributed by atoms with van der Waals surface area (Å²) in [6, 6.07) is 0.138. The van der Waals surface area contributed by atoms with E-state index in [9.17, 15) is 4.79 Å². The van der Waals surface area contributed by atoms with Gasteiger partial charge in [-0.15, -0.1) is 12.4 Å². The van der Waals surface area contributed by atoms with E-state index in [0.29, 0.717) is 6.42 Å². The van der Waals surface area contributed by atoms with Crippen LogP contribution in [0.1, 0.15) is 26.2 Å². The zero-order valence-electron chi connectivity index (χ0n) is 7.00. The average molecular weight is 182 g/mol. The standard InChI is InChI=1S/C7H15NO2.ClH/c1-3-6(8)4-5-7(9)10-2;/h6H,3-5,8H2,1-2H3;1H/t6-;/m1./s1. The van der Waals surface area contributed by atoms with Crippen molar-refractivity contribution in [3.63, 3.8) is 0 Å². The molecule has 0 amide bonds. The Bertz CT molecular complexity index is 109. The lowest BCUT2D eigenvalue weighted by molar-refractivity contribution is -0.140. The highest BCUT2D eigenvalue weighted by molar-refractivity contribution is 5.85. The fourth-order valence-electron chi connectivity index (χ4n) is 0.609. The van der Waals surface area contributed by atoms with Crippen LogP contribution in [0.4, 0.5) is 0 Å². The van der Waals surface area contributed by atoms with Crippen LogP contribution in [0.25, 0.3) is 0 Å². The number of ether oxygens (including phenoxy) is 1. The zero-order valence-corrected chi connectivity index (χ0v) is 7.82. The molecular weight excluding hydrogens is 166 g/mol. The molecule has 0 aliphatic heterocycles. The van der Waals surface area contributed by atoms with E-state index in [0.717, 1.165) is 12.8 Å². The number of carbonyl (C=O) groups excluding carboxylic acids is 1. The number of rotatable bonds is 4. The summed E-state index contributed by atoms with van der Waals surface area (Å²) in [5.41, 5.74) is 5.57. The molecule has 0 rings (SSSR count). The van der Waals surface area contributed by atoms with E-state index >= 15 is 0 Å². The number of hydrogen-bond acceptors (Lipinski definition) is 3. The molecule has 0 saturated carbocycles. The van der Waals surface area contributed by atoms with Gasteiger partial charge >= 0.3 is 5.97 Å². The quantitative estimate of drug-likeness (QED) is 0.661. The summed E-state index contributed by atoms with van der Waals surface area (Å²) >= 11 is 0. The predicted octanol–water partition coefficient (Wildman–Crippen LogP) is 1.10. The summed E-state index contributed by atoms with van der Waals surface area (Å²) in [4.78, 5) is 10.6. The maximum atomic E-state index is 10.6. The number of nitrogens with two attached hydrogens (primary N) is 1. The van der Waals surface area contributed by atoms with Crippen molar-refractivity contribution in [1.29, 1.82) is 0 Å². The highest BCUT2D eigenvalue weighted by Gasteiger charge is 2.03. The Morgan fingerprint density at radius 3 is 2.55 bits per heavy atom. The van der Waals surface area contributed by atoms with E-state index in [4.69, 9.17) is 5.73 Å². The molecule has 0 aliphatic carbocycles. The first-order valence-corrected chi connectivity index (χ1v) is 3.53. The third-order valence-electron chi connectivity index (χ3n) is 1.47. The molecule has 0 aromatic carbocycles. The molecule has 2 N–H and O–H groups in total. The van der Waals surface area contributed by atoms with Gasteiger partial charge in [-0.05, 0) is 12.8 Å². The molecule has 0 aromatic heterocycles. The largest absolute Gasteiger partial charge is 0.469 e. The molecule has 4 heteroatoms. The molecule has 0 heterocycles. The minimum atomic E-state index is -0.177. The van der Waals surface area contributed by atoms with Crippen LogP contribution < -0.4 is 5.73 Å². The first-order chi connectivity index (χ1) is 4.70. The molecule has 11 heavy (non-hydrogen) atoms. The highest BCUT2D eigenvalue weighted by atomic mass is 35.5. The molecule has 0 radical (unpaired) electrons. The Labute approximate surface area is 73.7 Å². The van der Waals surface area contributed by atoms with Crippen LogP contribution in [0.2, 0.25) is 0 Å². The fraction of sp³-hybridized carbons (Fsp3) is 0.857. The van der Waals surface area contributed by atoms with Gasteiger partial charge in [0.25, 0.3) is 0 Å². The monoisotopic (exact) mass is 181 g/mol. The molecule has 0 aliphatic rings. The smallest absolute Gasteiger partial charge is 0.305 e. The molecule has 0 unspecified atom stereocenters. The number of methoxy groups -OCH3 is 1. The van der Waals surface area contributed by atoms with Gasteiger partial charge in [0.1, 0.15) is 0 Å². The van der Waals surface area contributed by atoms with E-state index in [2.05, 4.69) is 4.74 Å². The summed E-state index contributed by atoms with van der Waals surface area (Å²) in [6.45, 7) is 2.00. The summed E-state index contributed by atoms with van der Waals surface area (Å²) in [6.07, 6.45) is 2.08. The lowest BCUT2D eigenvalue weighted by Gasteiger charge is -2.05. The Morgan fingerprint density at radius 2 is 2.18 bits per heavy atom. The lowest BCUT2D eigenvalue weighted by Crippen LogP contribution is -2.19. The second-order valence-electron chi connectivity index (χ2n) is 2.28. The number of esters is 1. The van der Waals surface area contributed by atoms with Gasteiger partial charge in [0.15, 0.2) is 0 Å². The van der Waals surface area contributed by atoms with Gasteiger partial charge in [-0.1, -0.05) is 6.92 Å². The van der Waals surface area contributed by atoms with Crippen molar-refractivity contribution in [2.45, 2.75) is 32.2 Å². The summed E-state index contributed by atoms with van der Waals surface area (Å²) in [7, 11) is 1.39. The van der Waals surface area contributed by atoms with Crippen molar-refractivity contribution in [3.05, 3.63) is 0 Å². The normalized spacial score (nSPS) is 11.5. The molecule has 68 valence electrons. The van der Waals surface area contributed by atoms with Crippen molar-refractivity contribution in [3.8, 4) is 0 Å². The van der Waals surface area contributed by atoms with Crippen molar-refractivity contribution >= 4 is 18.4 Å². The van der Waals surface area contributed by atoms with Gasteiger partial charge in [0.2, 0.25) is 0 Å². The van der Waals surface area contributed by atoms with Crippen LogP contribution in [0.5, 0.6) is 0 Å². The van der Waals surface area contributed by atoms with Crippen molar-refractivity contribution in [1.82, 2.24) is 0 Å². The molecule has 0 aromatic rings. The molecule has 0 bridgehead atoms. The molecule has 1 atom stereocenters. The topological polar surface area (TPSA) is 52.3 Å². The lowest BCUT2D eigenvalue weighted by atomic mass is 10.1. The zero-order chi connectivity index (χ0) is 7.98. The number of carbonyl (C=O) groups is 1. The fourth-order valence-corrected chi connectivity index (χ4v) is 0.609. The molecule has 0 fully saturated rings. The molecule has 0 saturated heterocycles. The van der Waals surface area contributed by atoms with Crippen LogP contribution in [0.15, 0.2) is 0 Å². The predicted molar refractivity (Wildman–Crippen MR) is 46.8 cm³/mol. The van der Waals surface area contributed by atoms with Gasteiger partial charge in [-0.25, -0.2) is 0 Å². The van der Waals surface area contributed by atoms with Crippen molar-refractivity contribution in [2.24, 2.45) is 5.73 Å². The van der Waals surface area contributed by atoms with E-state index in [1.165, 1.54) is 7.11 Å². The van der Waals surface area contributed by atoms with Crippen molar-refractivity contribution in [2.75, 3.05) is 7.11 Å². The first-order valence-electron chi connectivity index (χ1n) is 3.53. The Balaban J connectivity index is 0. The van der Waals surface area contributed by atoms with Gasteiger partial charge in [-0.2, -0.15) is 0 Å². The maximum absolute atomic E-state index is 10.6. The summed E-state index contributed by atoms with van der Waals surface area (Å²) < 4.78 is 4.45. The third kappa shape index (κ3) is 7.62. The molecular formula is C7H16ClNO2. The van der Waals surface area contributed by atoms with Crippen molar-refractivity contribution < 1.29 is 9.53 Å². The Kier molecular flexibility index (Phi) is 9.47. The van der Waals surface area contributed by atoms with Crippen LogP contribution in [-0.4, -0.2) is 19.1 Å². The summed E-state index contributed by atoms with van der Waals surface area (Å²) in [5.74, 6) is -0.177. The maximum Gasteiger partial charge on any atom is 0.305 e. The SMILES string of the molecule is CC[C@@H](N)CCC(=O)OC.Cl. The van der Waals surface area contributed by atoms with E-state index in [-0.39, 0.29) is 24.4 Å². The second-order valence-corrected chi connectivity index (χ2v) is 2.28. The van der Waals surface area contributed by atoms with E-state index in [1.54, 1.807) is 0 Å². The van der Waals surface area contributed by atoms with E-state index in [1.807, 2.05) is 6.92 Å². The van der Waals surface area contributed by atoms with Gasteiger partial charge < -0.3 is 10.5 Å². The van der Waals surface area contributed by atoms with Crippen LogP contribution >= 0.6 is 12.4 Å². The Morgan fingerprint density at radius 1 is 1.64 bits per heavy atom. The van der Waals surface area contributed by atoms with E-state index < -0.39 is 0 Å². The molecule has 3 nitrogen and oxygen atoms in total. The minimum absolute atomic E-state index is 0. The van der Waals surface area contributed by atoms with Crippen LogP contribution in [0.3, 0.4) is 0 Å². The van der Waals surface area contributed by atoms with Gasteiger partial charge in [0.05, 0.1) is 7.11 Å². The number of hydrogen-bond donors (Lipinski definition) is 1. The van der Waals surface area contributed by atoms with Crippen LogP contribution in [0, 0.1) is 0 Å². The second kappa shape index (κ2) is 7.82. The van der Waals surface area contributed by atoms with Gasteiger partial charge in [0, 0.05) is 12.5 Å². The highest BCUT2D eigenvalue weighted by Crippen LogP contribution is 1.98. The number of halogens is 1. The Hall–Kier alpha value is -0.280.